The van der Waals surface area contributed by atoms with Gasteiger partial charge in [-0.1, -0.05) is 24.0 Å². The van der Waals surface area contributed by atoms with E-state index in [4.69, 9.17) is 10.00 Å². The fraction of sp³-hybridized carbons (Fsp3) is 0.0667. The van der Waals surface area contributed by atoms with Gasteiger partial charge in [-0.2, -0.15) is 5.26 Å². The van der Waals surface area contributed by atoms with Crippen molar-refractivity contribution in [2.75, 3.05) is 7.11 Å². The van der Waals surface area contributed by atoms with E-state index in [2.05, 4.69) is 16.8 Å². The summed E-state index contributed by atoms with van der Waals surface area (Å²) in [5.74, 6) is 6.71. The highest BCUT2D eigenvalue weighted by molar-refractivity contribution is 5.50. The van der Waals surface area contributed by atoms with Crippen molar-refractivity contribution in [1.29, 1.82) is 5.26 Å². The third kappa shape index (κ3) is 2.66. The van der Waals surface area contributed by atoms with Crippen LogP contribution in [0.1, 0.15) is 16.7 Å². The van der Waals surface area contributed by atoms with E-state index in [1.807, 2.05) is 30.3 Å². The van der Waals surface area contributed by atoms with Gasteiger partial charge >= 0.3 is 0 Å². The van der Waals surface area contributed by atoms with Crippen LogP contribution in [0.4, 0.5) is 0 Å². The SMILES string of the molecule is COc1ccccc1C#Cc1cncc(C#N)c1. The Kier molecular flexibility index (Phi) is 3.59. The van der Waals surface area contributed by atoms with Gasteiger partial charge < -0.3 is 4.74 Å². The number of hydrogen-bond acceptors (Lipinski definition) is 3. The molecule has 0 N–H and O–H groups in total. The van der Waals surface area contributed by atoms with Gasteiger partial charge in [0.1, 0.15) is 11.8 Å². The first kappa shape index (κ1) is 11.7. The van der Waals surface area contributed by atoms with Gasteiger partial charge in [-0.3, -0.25) is 4.98 Å². The maximum atomic E-state index is 8.77. The Morgan fingerprint density at radius 3 is 2.67 bits per heavy atom. The van der Waals surface area contributed by atoms with E-state index in [-0.39, 0.29) is 0 Å². The lowest BCUT2D eigenvalue weighted by atomic mass is 10.1. The van der Waals surface area contributed by atoms with Crippen molar-refractivity contribution < 1.29 is 4.74 Å². The number of nitrogens with zero attached hydrogens (tertiary/aromatic N) is 2. The zero-order valence-electron chi connectivity index (χ0n) is 9.84. The third-order valence-corrected chi connectivity index (χ3v) is 2.32. The van der Waals surface area contributed by atoms with E-state index in [9.17, 15) is 0 Å². The number of aromatic nitrogens is 1. The Balaban J connectivity index is 2.34. The molecule has 1 heterocycles. The second-order valence-corrected chi connectivity index (χ2v) is 3.52. The van der Waals surface area contributed by atoms with Crippen LogP contribution in [0.2, 0.25) is 0 Å². The molecule has 0 spiro atoms. The van der Waals surface area contributed by atoms with Crippen LogP contribution in [-0.4, -0.2) is 12.1 Å². The number of nitriles is 1. The quantitative estimate of drug-likeness (QED) is 0.711. The minimum atomic E-state index is 0.502. The number of benzene rings is 1. The molecule has 0 saturated carbocycles. The smallest absolute Gasteiger partial charge is 0.134 e. The summed E-state index contributed by atoms with van der Waals surface area (Å²) in [5.41, 5.74) is 2.02. The average Bonchev–Trinajstić information content (AvgIpc) is 2.45. The van der Waals surface area contributed by atoms with Crippen LogP contribution in [0.15, 0.2) is 42.7 Å². The van der Waals surface area contributed by atoms with E-state index in [0.29, 0.717) is 11.1 Å². The molecule has 2 rings (SSSR count). The number of methoxy groups -OCH3 is 1. The van der Waals surface area contributed by atoms with Crippen molar-refractivity contribution in [3.63, 3.8) is 0 Å². The zero-order chi connectivity index (χ0) is 12.8. The van der Waals surface area contributed by atoms with Crippen LogP contribution in [0.3, 0.4) is 0 Å². The van der Waals surface area contributed by atoms with Crippen molar-refractivity contribution in [3.05, 3.63) is 59.4 Å². The largest absolute Gasteiger partial charge is 0.495 e. The Hall–Kier alpha value is -2.78. The molecule has 0 aliphatic rings. The molecule has 0 bridgehead atoms. The summed E-state index contributed by atoms with van der Waals surface area (Å²) < 4.78 is 5.21. The molecule has 0 fully saturated rings. The predicted octanol–water partition coefficient (Wildman–Crippen LogP) is 2.36. The van der Waals surface area contributed by atoms with Crippen LogP contribution < -0.4 is 4.74 Å². The lowest BCUT2D eigenvalue weighted by Gasteiger charge is -2.00. The highest BCUT2D eigenvalue weighted by atomic mass is 16.5. The molecule has 0 amide bonds. The Morgan fingerprint density at radius 1 is 1.11 bits per heavy atom. The lowest BCUT2D eigenvalue weighted by Crippen LogP contribution is -1.87. The van der Waals surface area contributed by atoms with E-state index < -0.39 is 0 Å². The first-order valence-electron chi connectivity index (χ1n) is 5.33. The summed E-state index contributed by atoms with van der Waals surface area (Å²) in [5, 5.41) is 8.77. The van der Waals surface area contributed by atoms with Gasteiger partial charge in [-0.25, -0.2) is 0 Å². The van der Waals surface area contributed by atoms with Crippen LogP contribution in [-0.2, 0) is 0 Å². The monoisotopic (exact) mass is 234 g/mol. The number of pyridine rings is 1. The van der Waals surface area contributed by atoms with E-state index >= 15 is 0 Å². The van der Waals surface area contributed by atoms with Crippen LogP contribution in [0.5, 0.6) is 5.75 Å². The topological polar surface area (TPSA) is 45.9 Å². The number of ether oxygens (including phenoxy) is 1. The van der Waals surface area contributed by atoms with Crippen molar-refractivity contribution in [3.8, 4) is 23.7 Å². The van der Waals surface area contributed by atoms with Crippen LogP contribution >= 0.6 is 0 Å². The molecule has 2 aromatic rings. The van der Waals surface area contributed by atoms with Crippen molar-refractivity contribution >= 4 is 0 Å². The maximum absolute atomic E-state index is 8.77. The van der Waals surface area contributed by atoms with Gasteiger partial charge in [0.2, 0.25) is 0 Å². The molecule has 1 aromatic carbocycles. The first-order valence-corrected chi connectivity index (χ1v) is 5.33. The normalized spacial score (nSPS) is 8.89. The summed E-state index contributed by atoms with van der Waals surface area (Å²) in [6.45, 7) is 0. The molecule has 0 aliphatic carbocycles. The summed E-state index contributed by atoms with van der Waals surface area (Å²) in [6, 6.07) is 11.3. The Labute approximate surface area is 106 Å². The molecule has 0 aliphatic heterocycles. The molecular formula is C15H10N2O. The zero-order valence-corrected chi connectivity index (χ0v) is 9.84. The summed E-state index contributed by atoms with van der Waals surface area (Å²) in [7, 11) is 1.61. The average molecular weight is 234 g/mol. The molecule has 0 atom stereocenters. The maximum Gasteiger partial charge on any atom is 0.134 e. The van der Waals surface area contributed by atoms with Gasteiger partial charge in [0.25, 0.3) is 0 Å². The Morgan fingerprint density at radius 2 is 1.89 bits per heavy atom. The molecule has 86 valence electrons. The van der Waals surface area contributed by atoms with Gasteiger partial charge in [0.15, 0.2) is 0 Å². The predicted molar refractivity (Wildman–Crippen MR) is 67.9 cm³/mol. The fourth-order valence-electron chi connectivity index (χ4n) is 1.46. The minimum absolute atomic E-state index is 0.502. The standard InChI is InChI=1S/C15H10N2O/c1-18-15-5-3-2-4-14(15)7-6-12-8-13(9-16)11-17-10-12/h2-5,8,10-11H,1H3. The van der Waals surface area contributed by atoms with Crippen molar-refractivity contribution in [2.45, 2.75) is 0 Å². The minimum Gasteiger partial charge on any atom is -0.495 e. The van der Waals surface area contributed by atoms with E-state index in [1.165, 1.54) is 6.20 Å². The molecule has 18 heavy (non-hydrogen) atoms. The summed E-state index contributed by atoms with van der Waals surface area (Å²) in [4.78, 5) is 3.95. The first-order chi connectivity index (χ1) is 8.83. The molecular weight excluding hydrogens is 224 g/mol. The van der Waals surface area contributed by atoms with Gasteiger partial charge in [0.05, 0.1) is 18.2 Å². The third-order valence-electron chi connectivity index (χ3n) is 2.32. The van der Waals surface area contributed by atoms with Gasteiger partial charge in [-0.05, 0) is 18.2 Å². The van der Waals surface area contributed by atoms with E-state index in [1.54, 1.807) is 19.4 Å². The molecule has 3 heteroatoms. The van der Waals surface area contributed by atoms with Crippen LogP contribution in [0, 0.1) is 23.2 Å². The highest BCUT2D eigenvalue weighted by Gasteiger charge is 1.97. The Bertz CT molecular complexity index is 660. The number of para-hydroxylation sites is 1. The van der Waals surface area contributed by atoms with E-state index in [0.717, 1.165) is 11.3 Å². The molecule has 3 nitrogen and oxygen atoms in total. The fourth-order valence-corrected chi connectivity index (χ4v) is 1.46. The summed E-state index contributed by atoms with van der Waals surface area (Å²) in [6.07, 6.45) is 3.14. The van der Waals surface area contributed by atoms with Gasteiger partial charge in [0, 0.05) is 18.0 Å². The van der Waals surface area contributed by atoms with Crippen molar-refractivity contribution in [2.24, 2.45) is 0 Å². The number of hydrogen-bond donors (Lipinski definition) is 0. The van der Waals surface area contributed by atoms with Gasteiger partial charge in [-0.15, -0.1) is 0 Å². The second kappa shape index (κ2) is 5.52. The molecule has 0 radical (unpaired) electrons. The molecule has 0 unspecified atom stereocenters. The summed E-state index contributed by atoms with van der Waals surface area (Å²) >= 11 is 0. The van der Waals surface area contributed by atoms with Crippen LogP contribution in [0.25, 0.3) is 0 Å². The highest BCUT2D eigenvalue weighted by Crippen LogP contribution is 2.15. The second-order valence-electron chi connectivity index (χ2n) is 3.52. The molecule has 1 aromatic heterocycles. The van der Waals surface area contributed by atoms with Crippen molar-refractivity contribution in [1.82, 2.24) is 4.98 Å². The molecule has 0 saturated heterocycles. The lowest BCUT2D eigenvalue weighted by molar-refractivity contribution is 0.413. The number of rotatable bonds is 1.